The van der Waals surface area contributed by atoms with Gasteiger partial charge < -0.3 is 20.8 Å². The number of nitrogens with one attached hydrogen (secondary N) is 2. The second kappa shape index (κ2) is 5.50. The van der Waals surface area contributed by atoms with Crippen LogP contribution in [0.3, 0.4) is 0 Å². The molecular weight excluding hydrogens is 260 g/mol. The summed E-state index contributed by atoms with van der Waals surface area (Å²) in [6, 6.07) is 5.40. The van der Waals surface area contributed by atoms with Crippen molar-refractivity contribution in [3.8, 4) is 0 Å². The quantitative estimate of drug-likeness (QED) is 0.632. The highest BCUT2D eigenvalue weighted by Crippen LogP contribution is 2.23. The van der Waals surface area contributed by atoms with E-state index in [9.17, 15) is 14.7 Å². The van der Waals surface area contributed by atoms with Crippen LogP contribution in [0.4, 0.5) is 5.69 Å². The summed E-state index contributed by atoms with van der Waals surface area (Å²) in [5, 5.41) is 24.2. The fourth-order valence-corrected chi connectivity index (χ4v) is 2.19. The van der Waals surface area contributed by atoms with E-state index in [1.165, 1.54) is 12.5 Å². The normalized spacial score (nSPS) is 15.9. The summed E-state index contributed by atoms with van der Waals surface area (Å²) < 4.78 is 0. The van der Waals surface area contributed by atoms with Crippen LogP contribution in [0, 0.1) is 0 Å². The standard InChI is InChI=1S/C14H18N2O4/c1-14(20,7-12(17)18)8-16-13(19)10-3-2-9-4-5-15-11(9)6-10/h2-3,6,15,20H,4-5,7-8H2,1H3,(H,16,19)(H,17,18). The van der Waals surface area contributed by atoms with Gasteiger partial charge in [0.1, 0.15) is 0 Å². The molecule has 4 N–H and O–H groups in total. The average molecular weight is 278 g/mol. The monoisotopic (exact) mass is 278 g/mol. The van der Waals surface area contributed by atoms with Gasteiger partial charge in [0, 0.05) is 24.3 Å². The third-order valence-electron chi connectivity index (χ3n) is 3.24. The maximum absolute atomic E-state index is 12.0. The highest BCUT2D eigenvalue weighted by Gasteiger charge is 2.25. The van der Waals surface area contributed by atoms with Crippen molar-refractivity contribution in [2.75, 3.05) is 18.4 Å². The molecule has 0 fully saturated rings. The van der Waals surface area contributed by atoms with Gasteiger partial charge in [-0.2, -0.15) is 0 Å². The lowest BCUT2D eigenvalue weighted by atomic mass is 10.0. The molecule has 20 heavy (non-hydrogen) atoms. The third kappa shape index (κ3) is 3.48. The van der Waals surface area contributed by atoms with Gasteiger partial charge in [-0.25, -0.2) is 0 Å². The molecule has 0 saturated carbocycles. The molecule has 0 aliphatic carbocycles. The van der Waals surface area contributed by atoms with Crippen LogP contribution >= 0.6 is 0 Å². The van der Waals surface area contributed by atoms with Crippen LogP contribution in [0.5, 0.6) is 0 Å². The highest BCUT2D eigenvalue weighted by atomic mass is 16.4. The van der Waals surface area contributed by atoms with Gasteiger partial charge in [-0.05, 0) is 31.0 Å². The SMILES string of the molecule is CC(O)(CNC(=O)c1ccc2c(c1)NCC2)CC(=O)O. The van der Waals surface area contributed by atoms with E-state index in [-0.39, 0.29) is 12.5 Å². The summed E-state index contributed by atoms with van der Waals surface area (Å²) in [4.78, 5) is 22.6. The number of rotatable bonds is 5. The lowest BCUT2D eigenvalue weighted by molar-refractivity contribution is -0.141. The van der Waals surface area contributed by atoms with E-state index < -0.39 is 18.0 Å². The Bertz CT molecular complexity index is 540. The van der Waals surface area contributed by atoms with E-state index in [0.717, 1.165) is 18.7 Å². The fraction of sp³-hybridized carbons (Fsp3) is 0.429. The summed E-state index contributed by atoms with van der Waals surface area (Å²) >= 11 is 0. The van der Waals surface area contributed by atoms with Crippen LogP contribution in [0.1, 0.15) is 29.3 Å². The van der Waals surface area contributed by atoms with Crippen molar-refractivity contribution < 1.29 is 19.8 Å². The number of carbonyl (C=O) groups is 2. The molecule has 1 heterocycles. The van der Waals surface area contributed by atoms with Crippen LogP contribution in [0.25, 0.3) is 0 Å². The Hall–Kier alpha value is -2.08. The Kier molecular flexibility index (Phi) is 3.94. The number of anilines is 1. The molecule has 0 aromatic heterocycles. The minimum absolute atomic E-state index is 0.108. The molecule has 0 bridgehead atoms. The third-order valence-corrected chi connectivity index (χ3v) is 3.24. The van der Waals surface area contributed by atoms with Crippen LogP contribution in [0.15, 0.2) is 18.2 Å². The summed E-state index contributed by atoms with van der Waals surface area (Å²) in [7, 11) is 0. The van der Waals surface area contributed by atoms with E-state index in [0.29, 0.717) is 5.56 Å². The van der Waals surface area contributed by atoms with E-state index in [1.54, 1.807) is 12.1 Å². The topological polar surface area (TPSA) is 98.7 Å². The average Bonchev–Trinajstić information content (AvgIpc) is 2.81. The Morgan fingerprint density at radius 1 is 1.45 bits per heavy atom. The van der Waals surface area contributed by atoms with E-state index in [2.05, 4.69) is 10.6 Å². The number of carboxylic acids is 1. The van der Waals surface area contributed by atoms with Crippen molar-refractivity contribution in [3.05, 3.63) is 29.3 Å². The Labute approximate surface area is 116 Å². The second-order valence-corrected chi connectivity index (χ2v) is 5.30. The number of carboxylic acid groups (broad SMARTS) is 1. The van der Waals surface area contributed by atoms with Gasteiger partial charge in [-0.3, -0.25) is 9.59 Å². The van der Waals surface area contributed by atoms with Gasteiger partial charge in [-0.1, -0.05) is 6.07 Å². The van der Waals surface area contributed by atoms with E-state index >= 15 is 0 Å². The van der Waals surface area contributed by atoms with Crippen LogP contribution < -0.4 is 10.6 Å². The van der Waals surface area contributed by atoms with Gasteiger partial charge >= 0.3 is 5.97 Å². The Morgan fingerprint density at radius 2 is 2.20 bits per heavy atom. The second-order valence-electron chi connectivity index (χ2n) is 5.30. The molecule has 0 saturated heterocycles. The predicted molar refractivity (Wildman–Crippen MR) is 73.8 cm³/mol. The lowest BCUT2D eigenvalue weighted by Gasteiger charge is -2.21. The number of aliphatic carboxylic acids is 1. The molecule has 1 aromatic rings. The first-order chi connectivity index (χ1) is 9.37. The predicted octanol–water partition coefficient (Wildman–Crippen LogP) is 0.610. The summed E-state index contributed by atoms with van der Waals surface area (Å²) in [6.45, 7) is 2.14. The van der Waals surface area contributed by atoms with E-state index in [4.69, 9.17) is 5.11 Å². The lowest BCUT2D eigenvalue weighted by Crippen LogP contribution is -2.42. The number of fused-ring (bicyclic) bond motifs is 1. The first-order valence-corrected chi connectivity index (χ1v) is 6.46. The first-order valence-electron chi connectivity index (χ1n) is 6.46. The zero-order valence-electron chi connectivity index (χ0n) is 11.3. The molecule has 1 unspecified atom stereocenters. The number of amides is 1. The van der Waals surface area contributed by atoms with Crippen molar-refractivity contribution in [1.29, 1.82) is 0 Å². The molecule has 1 amide bonds. The molecular formula is C14H18N2O4. The van der Waals surface area contributed by atoms with Gasteiger partial charge in [-0.15, -0.1) is 0 Å². The van der Waals surface area contributed by atoms with Gasteiger partial charge in [0.15, 0.2) is 0 Å². The van der Waals surface area contributed by atoms with E-state index in [1.807, 2.05) is 6.07 Å². The molecule has 6 nitrogen and oxygen atoms in total. The molecule has 0 spiro atoms. The minimum atomic E-state index is -1.46. The van der Waals surface area contributed by atoms with Crippen molar-refractivity contribution in [2.24, 2.45) is 0 Å². The molecule has 108 valence electrons. The molecule has 1 aliphatic rings. The van der Waals surface area contributed by atoms with Crippen molar-refractivity contribution in [3.63, 3.8) is 0 Å². The fourth-order valence-electron chi connectivity index (χ4n) is 2.19. The first kappa shape index (κ1) is 14.3. The number of aliphatic hydroxyl groups is 1. The minimum Gasteiger partial charge on any atom is -0.481 e. The van der Waals surface area contributed by atoms with Crippen molar-refractivity contribution >= 4 is 17.6 Å². The number of carbonyl (C=O) groups excluding carboxylic acids is 1. The molecule has 0 radical (unpaired) electrons. The maximum atomic E-state index is 12.0. The number of benzene rings is 1. The maximum Gasteiger partial charge on any atom is 0.306 e. The molecule has 1 atom stereocenters. The zero-order valence-corrected chi connectivity index (χ0v) is 11.3. The smallest absolute Gasteiger partial charge is 0.306 e. The van der Waals surface area contributed by atoms with Gasteiger partial charge in [0.2, 0.25) is 0 Å². The summed E-state index contributed by atoms with van der Waals surface area (Å²) in [5.41, 5.74) is 1.16. The van der Waals surface area contributed by atoms with Gasteiger partial charge in [0.25, 0.3) is 5.91 Å². The zero-order chi connectivity index (χ0) is 14.8. The van der Waals surface area contributed by atoms with Gasteiger partial charge in [0.05, 0.1) is 12.0 Å². The Balaban J connectivity index is 1.97. The molecule has 1 aliphatic heterocycles. The summed E-state index contributed by atoms with van der Waals surface area (Å²) in [5.74, 6) is -1.43. The molecule has 6 heteroatoms. The highest BCUT2D eigenvalue weighted by molar-refractivity contribution is 5.95. The molecule has 2 rings (SSSR count). The van der Waals surface area contributed by atoms with Crippen LogP contribution in [-0.4, -0.2) is 40.8 Å². The largest absolute Gasteiger partial charge is 0.481 e. The van der Waals surface area contributed by atoms with Crippen molar-refractivity contribution in [2.45, 2.75) is 25.4 Å². The Morgan fingerprint density at radius 3 is 2.90 bits per heavy atom. The van der Waals surface area contributed by atoms with Crippen LogP contribution in [0.2, 0.25) is 0 Å². The molecule has 1 aromatic carbocycles. The number of hydrogen-bond donors (Lipinski definition) is 4. The summed E-state index contributed by atoms with van der Waals surface area (Å²) in [6.07, 6.45) is 0.531. The van der Waals surface area contributed by atoms with Crippen LogP contribution in [-0.2, 0) is 11.2 Å². The van der Waals surface area contributed by atoms with Crippen molar-refractivity contribution in [1.82, 2.24) is 5.32 Å². The number of hydrogen-bond acceptors (Lipinski definition) is 4.